The third kappa shape index (κ3) is 6.52. The molecule has 0 unspecified atom stereocenters. The van der Waals surface area contributed by atoms with Gasteiger partial charge in [0.25, 0.3) is 0 Å². The standard InChI is InChI=1S/C15H23FN2O2/c1-15(2,20)11-18(3)14(19)17-9-5-7-12-6-4-8-13(16)10-12/h4,6,8,10,20H,5,7,9,11H2,1-3H3,(H,17,19). The van der Waals surface area contributed by atoms with Crippen molar-refractivity contribution in [1.29, 1.82) is 0 Å². The van der Waals surface area contributed by atoms with Crippen molar-refractivity contribution in [2.45, 2.75) is 32.3 Å². The lowest BCUT2D eigenvalue weighted by Gasteiger charge is -2.25. The van der Waals surface area contributed by atoms with Gasteiger partial charge in [0.2, 0.25) is 0 Å². The van der Waals surface area contributed by atoms with Gasteiger partial charge in [-0.3, -0.25) is 0 Å². The zero-order chi connectivity index (χ0) is 15.2. The van der Waals surface area contributed by atoms with Gasteiger partial charge in [-0.25, -0.2) is 9.18 Å². The molecular weight excluding hydrogens is 259 g/mol. The summed E-state index contributed by atoms with van der Waals surface area (Å²) in [6, 6.07) is 6.25. The molecule has 0 saturated heterocycles. The predicted molar refractivity (Wildman–Crippen MR) is 77.0 cm³/mol. The minimum Gasteiger partial charge on any atom is -0.389 e. The maximum absolute atomic E-state index is 13.0. The predicted octanol–water partition coefficient (Wildman–Crippen LogP) is 2.17. The Hall–Kier alpha value is -1.62. The largest absolute Gasteiger partial charge is 0.389 e. The van der Waals surface area contributed by atoms with Crippen LogP contribution in [0.3, 0.4) is 0 Å². The third-order valence-electron chi connectivity index (χ3n) is 2.78. The Balaban J connectivity index is 2.25. The average molecular weight is 282 g/mol. The zero-order valence-electron chi connectivity index (χ0n) is 12.3. The van der Waals surface area contributed by atoms with Gasteiger partial charge in [-0.1, -0.05) is 12.1 Å². The number of benzene rings is 1. The Bertz CT molecular complexity index is 444. The molecule has 112 valence electrons. The number of carbonyl (C=O) groups excluding carboxylic acids is 1. The fourth-order valence-electron chi connectivity index (χ4n) is 1.97. The van der Waals surface area contributed by atoms with Crippen LogP contribution < -0.4 is 5.32 Å². The molecular formula is C15H23FN2O2. The second kappa shape index (κ2) is 7.24. The number of carbonyl (C=O) groups is 1. The number of amides is 2. The highest BCUT2D eigenvalue weighted by Gasteiger charge is 2.18. The highest BCUT2D eigenvalue weighted by atomic mass is 19.1. The first-order chi connectivity index (χ1) is 9.28. The van der Waals surface area contributed by atoms with Crippen LogP contribution in [-0.2, 0) is 6.42 Å². The molecule has 1 aromatic rings. The molecule has 20 heavy (non-hydrogen) atoms. The number of urea groups is 1. The molecule has 0 aliphatic carbocycles. The lowest BCUT2D eigenvalue weighted by Crippen LogP contribution is -2.44. The molecule has 0 aromatic heterocycles. The van der Waals surface area contributed by atoms with Crippen LogP contribution in [0.25, 0.3) is 0 Å². The summed E-state index contributed by atoms with van der Waals surface area (Å²) >= 11 is 0. The van der Waals surface area contributed by atoms with E-state index in [4.69, 9.17) is 0 Å². The van der Waals surface area contributed by atoms with Gasteiger partial charge in [-0.05, 0) is 44.4 Å². The third-order valence-corrected chi connectivity index (χ3v) is 2.78. The molecule has 0 fully saturated rings. The van der Waals surface area contributed by atoms with E-state index in [1.165, 1.54) is 17.0 Å². The number of nitrogens with one attached hydrogen (secondary N) is 1. The van der Waals surface area contributed by atoms with Crippen LogP contribution in [0.15, 0.2) is 24.3 Å². The molecule has 0 aliphatic heterocycles. The zero-order valence-corrected chi connectivity index (χ0v) is 12.3. The summed E-state index contributed by atoms with van der Waals surface area (Å²) in [6.45, 7) is 4.09. The van der Waals surface area contributed by atoms with Crippen molar-refractivity contribution in [2.75, 3.05) is 20.1 Å². The maximum Gasteiger partial charge on any atom is 0.317 e. The molecule has 4 nitrogen and oxygen atoms in total. The van der Waals surface area contributed by atoms with E-state index in [1.807, 2.05) is 6.07 Å². The van der Waals surface area contributed by atoms with Crippen molar-refractivity contribution >= 4 is 6.03 Å². The van der Waals surface area contributed by atoms with Crippen LogP contribution in [0.2, 0.25) is 0 Å². The first-order valence-corrected chi connectivity index (χ1v) is 6.74. The fourth-order valence-corrected chi connectivity index (χ4v) is 1.97. The van der Waals surface area contributed by atoms with E-state index in [9.17, 15) is 14.3 Å². The van der Waals surface area contributed by atoms with Crippen LogP contribution in [0.4, 0.5) is 9.18 Å². The van der Waals surface area contributed by atoms with Crippen molar-refractivity contribution in [2.24, 2.45) is 0 Å². The Morgan fingerprint density at radius 3 is 2.75 bits per heavy atom. The van der Waals surface area contributed by atoms with E-state index in [2.05, 4.69) is 5.32 Å². The summed E-state index contributed by atoms with van der Waals surface area (Å²) in [5.41, 5.74) is 0.0114. The van der Waals surface area contributed by atoms with Crippen LogP contribution in [0, 0.1) is 5.82 Å². The number of likely N-dealkylation sites (N-methyl/N-ethyl adjacent to an activating group) is 1. The van der Waals surface area contributed by atoms with E-state index in [0.717, 1.165) is 12.0 Å². The number of rotatable bonds is 6. The molecule has 0 atom stereocenters. The first kappa shape index (κ1) is 16.4. The molecule has 0 saturated carbocycles. The molecule has 2 N–H and O–H groups in total. The summed E-state index contributed by atoms with van der Waals surface area (Å²) < 4.78 is 13.0. The highest BCUT2D eigenvalue weighted by molar-refractivity contribution is 5.73. The summed E-state index contributed by atoms with van der Waals surface area (Å²) in [6.07, 6.45) is 1.46. The maximum atomic E-state index is 13.0. The number of aliphatic hydroxyl groups is 1. The van der Waals surface area contributed by atoms with Crippen molar-refractivity contribution < 1.29 is 14.3 Å². The van der Waals surface area contributed by atoms with E-state index in [0.29, 0.717) is 13.0 Å². The molecule has 0 radical (unpaired) electrons. The SMILES string of the molecule is CN(CC(C)(C)O)C(=O)NCCCc1cccc(F)c1. The lowest BCUT2D eigenvalue weighted by atomic mass is 10.1. The van der Waals surface area contributed by atoms with E-state index in [1.54, 1.807) is 27.0 Å². The molecule has 5 heteroatoms. The summed E-state index contributed by atoms with van der Waals surface area (Å²) in [7, 11) is 1.64. The Morgan fingerprint density at radius 1 is 1.45 bits per heavy atom. The molecule has 1 aromatic carbocycles. The monoisotopic (exact) mass is 282 g/mol. The molecule has 1 rings (SSSR count). The molecule has 0 bridgehead atoms. The number of hydrogen-bond donors (Lipinski definition) is 2. The van der Waals surface area contributed by atoms with Crippen LogP contribution >= 0.6 is 0 Å². The quantitative estimate of drug-likeness (QED) is 0.786. The van der Waals surface area contributed by atoms with Crippen molar-refractivity contribution in [3.63, 3.8) is 0 Å². The molecule has 0 heterocycles. The highest BCUT2D eigenvalue weighted by Crippen LogP contribution is 2.06. The molecule has 0 spiro atoms. The van der Waals surface area contributed by atoms with Crippen molar-refractivity contribution in [3.8, 4) is 0 Å². The van der Waals surface area contributed by atoms with E-state index in [-0.39, 0.29) is 18.4 Å². The first-order valence-electron chi connectivity index (χ1n) is 6.74. The van der Waals surface area contributed by atoms with E-state index < -0.39 is 5.60 Å². The smallest absolute Gasteiger partial charge is 0.317 e. The average Bonchev–Trinajstić information content (AvgIpc) is 2.32. The minimum absolute atomic E-state index is 0.216. The molecule has 0 aliphatic rings. The van der Waals surface area contributed by atoms with Crippen molar-refractivity contribution in [3.05, 3.63) is 35.6 Å². The lowest BCUT2D eigenvalue weighted by molar-refractivity contribution is 0.0532. The van der Waals surface area contributed by atoms with Gasteiger partial charge in [0, 0.05) is 13.6 Å². The van der Waals surface area contributed by atoms with Crippen LogP contribution in [-0.4, -0.2) is 41.8 Å². The van der Waals surface area contributed by atoms with E-state index >= 15 is 0 Å². The summed E-state index contributed by atoms with van der Waals surface area (Å²) in [5, 5.41) is 12.4. The second-order valence-corrected chi connectivity index (χ2v) is 5.63. The van der Waals surface area contributed by atoms with Gasteiger partial charge in [0.1, 0.15) is 5.82 Å². The number of halogens is 1. The molecule has 2 amide bonds. The van der Waals surface area contributed by atoms with Crippen LogP contribution in [0.1, 0.15) is 25.8 Å². The minimum atomic E-state index is -0.909. The second-order valence-electron chi connectivity index (χ2n) is 5.63. The normalized spacial score (nSPS) is 11.2. The number of nitrogens with zero attached hydrogens (tertiary/aromatic N) is 1. The van der Waals surface area contributed by atoms with Crippen molar-refractivity contribution in [1.82, 2.24) is 10.2 Å². The number of hydrogen-bond acceptors (Lipinski definition) is 2. The topological polar surface area (TPSA) is 52.6 Å². The van der Waals surface area contributed by atoms with Gasteiger partial charge in [0.05, 0.1) is 12.1 Å². The fraction of sp³-hybridized carbons (Fsp3) is 0.533. The Labute approximate surface area is 119 Å². The van der Waals surface area contributed by atoms with Gasteiger partial charge >= 0.3 is 6.03 Å². The van der Waals surface area contributed by atoms with Gasteiger partial charge in [-0.2, -0.15) is 0 Å². The van der Waals surface area contributed by atoms with Crippen LogP contribution in [0.5, 0.6) is 0 Å². The van der Waals surface area contributed by atoms with Gasteiger partial charge in [-0.15, -0.1) is 0 Å². The number of aryl methyl sites for hydroxylation is 1. The summed E-state index contributed by atoms with van der Waals surface area (Å²) in [5.74, 6) is -0.239. The Morgan fingerprint density at radius 2 is 2.15 bits per heavy atom. The summed E-state index contributed by atoms with van der Waals surface area (Å²) in [4.78, 5) is 13.2. The Kier molecular flexibility index (Phi) is 5.95. The van der Waals surface area contributed by atoms with Gasteiger partial charge in [0.15, 0.2) is 0 Å². The van der Waals surface area contributed by atoms with Gasteiger partial charge < -0.3 is 15.3 Å².